The molecule has 0 saturated heterocycles. The Kier molecular flexibility index (Phi) is 5.07. The molecule has 0 bridgehead atoms. The molecule has 0 radical (unpaired) electrons. The van der Waals surface area contributed by atoms with E-state index in [0.29, 0.717) is 10.7 Å². The molecule has 7 nitrogen and oxygen atoms in total. The summed E-state index contributed by atoms with van der Waals surface area (Å²) >= 11 is 1.32. The van der Waals surface area contributed by atoms with E-state index < -0.39 is 10.0 Å². The predicted molar refractivity (Wildman–Crippen MR) is 93.9 cm³/mol. The van der Waals surface area contributed by atoms with E-state index in [1.165, 1.54) is 49.7 Å². The van der Waals surface area contributed by atoms with E-state index in [0.717, 1.165) is 9.31 Å². The molecule has 0 aliphatic carbocycles. The Morgan fingerprint density at radius 3 is 2.17 bits per heavy atom. The average molecular weight is 368 g/mol. The number of amides is 1. The second-order valence-corrected chi connectivity index (χ2v) is 9.56. The van der Waals surface area contributed by atoms with E-state index in [9.17, 15) is 13.2 Å². The summed E-state index contributed by atoms with van der Waals surface area (Å²) in [7, 11) is -0.597. The van der Waals surface area contributed by atoms with Crippen LogP contribution < -0.4 is 5.32 Å². The first-order valence-corrected chi connectivity index (χ1v) is 9.45. The molecule has 1 amide bonds. The molecule has 2 aromatic rings. The number of sulfonamides is 1. The van der Waals surface area contributed by atoms with Crippen LogP contribution in [-0.4, -0.2) is 42.9 Å². The van der Waals surface area contributed by atoms with Gasteiger partial charge in [-0.15, -0.1) is 10.2 Å². The van der Waals surface area contributed by atoms with Crippen molar-refractivity contribution in [3.63, 3.8) is 0 Å². The number of benzene rings is 1. The molecule has 0 fully saturated rings. The first kappa shape index (κ1) is 18.5. The van der Waals surface area contributed by atoms with Gasteiger partial charge in [0, 0.05) is 25.1 Å². The summed E-state index contributed by atoms with van der Waals surface area (Å²) in [6, 6.07) is 5.75. The molecule has 0 unspecified atom stereocenters. The van der Waals surface area contributed by atoms with Crippen molar-refractivity contribution in [2.45, 2.75) is 31.1 Å². The maximum Gasteiger partial charge on any atom is 0.257 e. The lowest BCUT2D eigenvalue weighted by atomic mass is 9.98. The third kappa shape index (κ3) is 3.97. The van der Waals surface area contributed by atoms with Crippen LogP contribution in [-0.2, 0) is 15.4 Å². The van der Waals surface area contributed by atoms with Crippen LogP contribution in [0.2, 0.25) is 0 Å². The molecule has 0 aliphatic rings. The fourth-order valence-electron chi connectivity index (χ4n) is 1.74. The summed E-state index contributed by atoms with van der Waals surface area (Å²) in [4.78, 5) is 12.4. The highest BCUT2D eigenvalue weighted by Gasteiger charge is 2.21. The third-order valence-electron chi connectivity index (χ3n) is 3.18. The van der Waals surface area contributed by atoms with Crippen LogP contribution >= 0.6 is 11.3 Å². The maximum absolute atomic E-state index is 12.2. The van der Waals surface area contributed by atoms with Gasteiger partial charge in [0.15, 0.2) is 0 Å². The number of anilines is 1. The Hall–Kier alpha value is -1.84. The number of hydrogen-bond donors (Lipinski definition) is 1. The fraction of sp³-hybridized carbons (Fsp3) is 0.400. The van der Waals surface area contributed by atoms with Crippen molar-refractivity contribution in [1.82, 2.24) is 14.5 Å². The van der Waals surface area contributed by atoms with E-state index in [4.69, 9.17) is 0 Å². The van der Waals surface area contributed by atoms with E-state index in [1.807, 2.05) is 20.8 Å². The summed E-state index contributed by atoms with van der Waals surface area (Å²) in [6.07, 6.45) is 0. The summed E-state index contributed by atoms with van der Waals surface area (Å²) in [5.74, 6) is -0.361. The lowest BCUT2D eigenvalue weighted by Crippen LogP contribution is -2.22. The van der Waals surface area contributed by atoms with E-state index in [1.54, 1.807) is 0 Å². The quantitative estimate of drug-likeness (QED) is 0.894. The Balaban J connectivity index is 2.15. The summed E-state index contributed by atoms with van der Waals surface area (Å²) in [5, 5.41) is 11.9. The van der Waals surface area contributed by atoms with Crippen LogP contribution in [0.5, 0.6) is 0 Å². The van der Waals surface area contributed by atoms with Crippen molar-refractivity contribution in [2.24, 2.45) is 0 Å². The Bertz CT molecular complexity index is 834. The molecule has 0 atom stereocenters. The van der Waals surface area contributed by atoms with Gasteiger partial charge < -0.3 is 0 Å². The number of nitrogens with one attached hydrogen (secondary N) is 1. The van der Waals surface area contributed by atoms with Gasteiger partial charge in [0.05, 0.1) is 4.90 Å². The second kappa shape index (κ2) is 6.58. The van der Waals surface area contributed by atoms with Gasteiger partial charge in [-0.05, 0) is 24.3 Å². The molecule has 1 N–H and O–H groups in total. The van der Waals surface area contributed by atoms with Gasteiger partial charge in [0.25, 0.3) is 5.91 Å². The van der Waals surface area contributed by atoms with Crippen LogP contribution in [0.3, 0.4) is 0 Å². The Morgan fingerprint density at radius 2 is 1.71 bits per heavy atom. The predicted octanol–water partition coefficient (Wildman–Crippen LogP) is 2.34. The summed E-state index contributed by atoms with van der Waals surface area (Å²) in [6.45, 7) is 6.05. The van der Waals surface area contributed by atoms with Gasteiger partial charge in [-0.25, -0.2) is 12.7 Å². The van der Waals surface area contributed by atoms with Crippen molar-refractivity contribution in [3.05, 3.63) is 34.8 Å². The summed E-state index contributed by atoms with van der Waals surface area (Å²) in [5.41, 5.74) is 0.211. The topological polar surface area (TPSA) is 92.3 Å². The van der Waals surface area contributed by atoms with Crippen molar-refractivity contribution in [3.8, 4) is 0 Å². The van der Waals surface area contributed by atoms with Gasteiger partial charge in [-0.3, -0.25) is 10.1 Å². The van der Waals surface area contributed by atoms with Gasteiger partial charge in [0.1, 0.15) is 5.01 Å². The number of carbonyl (C=O) groups excluding carboxylic acids is 1. The maximum atomic E-state index is 12.2. The number of carbonyl (C=O) groups is 1. The normalized spacial score (nSPS) is 12.4. The molecule has 24 heavy (non-hydrogen) atoms. The minimum absolute atomic E-state index is 0.134. The minimum atomic E-state index is -3.51. The Labute approximate surface area is 145 Å². The van der Waals surface area contributed by atoms with Crippen LogP contribution in [0.1, 0.15) is 36.1 Å². The molecule has 1 heterocycles. The van der Waals surface area contributed by atoms with Gasteiger partial charge in [0.2, 0.25) is 15.2 Å². The molecule has 130 valence electrons. The minimum Gasteiger partial charge on any atom is -0.296 e. The van der Waals surface area contributed by atoms with Crippen molar-refractivity contribution < 1.29 is 13.2 Å². The zero-order valence-corrected chi connectivity index (χ0v) is 15.8. The van der Waals surface area contributed by atoms with Gasteiger partial charge >= 0.3 is 0 Å². The van der Waals surface area contributed by atoms with Crippen LogP contribution in [0, 0.1) is 0 Å². The molecule has 9 heteroatoms. The van der Waals surface area contributed by atoms with Crippen molar-refractivity contribution in [1.29, 1.82) is 0 Å². The Morgan fingerprint density at radius 1 is 1.12 bits per heavy atom. The third-order valence-corrected chi connectivity index (χ3v) is 6.28. The molecule has 2 rings (SSSR count). The van der Waals surface area contributed by atoms with Crippen LogP contribution in [0.15, 0.2) is 29.2 Å². The molecule has 0 spiro atoms. The van der Waals surface area contributed by atoms with Crippen molar-refractivity contribution in [2.75, 3.05) is 19.4 Å². The largest absolute Gasteiger partial charge is 0.296 e. The molecule has 0 aliphatic heterocycles. The number of rotatable bonds is 4. The zero-order chi connectivity index (χ0) is 18.1. The summed E-state index contributed by atoms with van der Waals surface area (Å²) < 4.78 is 25.1. The smallest absolute Gasteiger partial charge is 0.257 e. The van der Waals surface area contributed by atoms with Crippen LogP contribution in [0.4, 0.5) is 5.13 Å². The molecule has 1 aromatic heterocycles. The highest BCUT2D eigenvalue weighted by molar-refractivity contribution is 7.89. The molecule has 1 aromatic carbocycles. The highest BCUT2D eigenvalue weighted by Crippen LogP contribution is 2.28. The van der Waals surface area contributed by atoms with Crippen molar-refractivity contribution >= 4 is 32.4 Å². The standard InChI is InChI=1S/C15H20N4O3S2/c1-15(2,3)13-17-18-14(23-13)16-12(20)10-6-8-11(9-7-10)24(21,22)19(4)5/h6-9H,1-5H3,(H,16,18,20). The lowest BCUT2D eigenvalue weighted by molar-refractivity contribution is 0.102. The first-order chi connectivity index (χ1) is 11.0. The second-order valence-electron chi connectivity index (χ2n) is 6.43. The van der Waals surface area contributed by atoms with Gasteiger partial charge in [-0.1, -0.05) is 32.1 Å². The monoisotopic (exact) mass is 368 g/mol. The van der Waals surface area contributed by atoms with Crippen LogP contribution in [0.25, 0.3) is 0 Å². The number of hydrogen-bond acceptors (Lipinski definition) is 6. The van der Waals surface area contributed by atoms with Gasteiger partial charge in [-0.2, -0.15) is 0 Å². The fourth-order valence-corrected chi connectivity index (χ4v) is 3.43. The van der Waals surface area contributed by atoms with E-state index in [-0.39, 0.29) is 16.2 Å². The molecule has 0 saturated carbocycles. The highest BCUT2D eigenvalue weighted by atomic mass is 32.2. The molecular weight excluding hydrogens is 348 g/mol. The zero-order valence-electron chi connectivity index (χ0n) is 14.2. The number of nitrogens with zero attached hydrogens (tertiary/aromatic N) is 3. The first-order valence-electron chi connectivity index (χ1n) is 7.20. The molecular formula is C15H20N4O3S2. The van der Waals surface area contributed by atoms with E-state index in [2.05, 4.69) is 15.5 Å². The van der Waals surface area contributed by atoms with E-state index >= 15 is 0 Å². The number of aromatic nitrogens is 2. The SMILES string of the molecule is CN(C)S(=O)(=O)c1ccc(C(=O)Nc2nnc(C(C)(C)C)s2)cc1. The lowest BCUT2D eigenvalue weighted by Gasteiger charge is -2.12. The average Bonchev–Trinajstić information content (AvgIpc) is 2.96.